The number of rotatable bonds is 7. The van der Waals surface area contributed by atoms with Gasteiger partial charge >= 0.3 is 0 Å². The molecule has 1 saturated carbocycles. The maximum Gasteiger partial charge on any atom is 0.205 e. The van der Waals surface area contributed by atoms with Crippen molar-refractivity contribution >= 4 is 0 Å². The second kappa shape index (κ2) is 9.90. The van der Waals surface area contributed by atoms with Gasteiger partial charge in [0.05, 0.1) is 6.54 Å². The standard InChI is InChI=1S/C26H29N7/c1-2-3-13-24-27-25(21-9-5-4-6-10-21)30-33(24)18-19-14-16-20(17-15-19)22-11-7-8-12-23(22)26-28-31-32-29-26/h2-3,7-8,11-12,14-17,21H,4-6,9-10,13,18H2,1H3,(H,28,29,31,32)/b3-2+. The number of allylic oxidation sites excluding steroid dienone is 2. The number of benzene rings is 2. The van der Waals surface area contributed by atoms with Gasteiger partial charge < -0.3 is 0 Å². The van der Waals surface area contributed by atoms with Crippen molar-refractivity contribution in [1.29, 1.82) is 0 Å². The fourth-order valence-corrected chi connectivity index (χ4v) is 4.60. The summed E-state index contributed by atoms with van der Waals surface area (Å²) in [6.45, 7) is 2.77. The summed E-state index contributed by atoms with van der Waals surface area (Å²) in [6, 6.07) is 16.8. The number of aromatic nitrogens is 7. The molecule has 5 rings (SSSR count). The molecule has 2 aromatic carbocycles. The average Bonchev–Trinajstić information content (AvgIpc) is 3.54. The Bertz CT molecular complexity index is 1200. The zero-order valence-corrected chi connectivity index (χ0v) is 19.0. The summed E-state index contributed by atoms with van der Waals surface area (Å²) in [6.07, 6.45) is 11.4. The lowest BCUT2D eigenvalue weighted by atomic mass is 9.89. The molecule has 0 atom stereocenters. The molecule has 0 aliphatic heterocycles. The summed E-state index contributed by atoms with van der Waals surface area (Å²) in [5.41, 5.74) is 4.37. The highest BCUT2D eigenvalue weighted by Crippen LogP contribution is 2.32. The first-order valence-corrected chi connectivity index (χ1v) is 11.8. The van der Waals surface area contributed by atoms with E-state index in [0.29, 0.717) is 11.7 Å². The smallest absolute Gasteiger partial charge is 0.205 e. The molecule has 0 saturated heterocycles. The minimum absolute atomic E-state index is 0.508. The van der Waals surface area contributed by atoms with Crippen LogP contribution in [0.5, 0.6) is 0 Å². The van der Waals surface area contributed by atoms with Crippen LogP contribution >= 0.6 is 0 Å². The molecule has 0 radical (unpaired) electrons. The zero-order valence-electron chi connectivity index (χ0n) is 19.0. The van der Waals surface area contributed by atoms with E-state index < -0.39 is 0 Å². The van der Waals surface area contributed by atoms with Crippen LogP contribution in [0.15, 0.2) is 60.7 Å². The monoisotopic (exact) mass is 439 g/mol. The molecule has 1 aliphatic rings. The van der Waals surface area contributed by atoms with Gasteiger partial charge in [-0.05, 0) is 41.7 Å². The highest BCUT2D eigenvalue weighted by molar-refractivity contribution is 5.80. The Kier molecular flexibility index (Phi) is 6.37. The third kappa shape index (κ3) is 4.77. The van der Waals surface area contributed by atoms with E-state index in [9.17, 15) is 0 Å². The van der Waals surface area contributed by atoms with Gasteiger partial charge in [-0.3, -0.25) is 0 Å². The van der Waals surface area contributed by atoms with Gasteiger partial charge in [-0.1, -0.05) is 79.9 Å². The molecule has 2 aromatic heterocycles. The summed E-state index contributed by atoms with van der Waals surface area (Å²) >= 11 is 0. The van der Waals surface area contributed by atoms with Crippen LogP contribution in [0, 0.1) is 0 Å². The summed E-state index contributed by atoms with van der Waals surface area (Å²) < 4.78 is 2.09. The van der Waals surface area contributed by atoms with Gasteiger partial charge in [-0.2, -0.15) is 10.3 Å². The third-order valence-electron chi connectivity index (χ3n) is 6.38. The van der Waals surface area contributed by atoms with Gasteiger partial charge in [0.1, 0.15) is 5.82 Å². The second-order valence-corrected chi connectivity index (χ2v) is 8.63. The van der Waals surface area contributed by atoms with E-state index in [4.69, 9.17) is 10.1 Å². The van der Waals surface area contributed by atoms with Gasteiger partial charge in [0, 0.05) is 17.9 Å². The van der Waals surface area contributed by atoms with Crippen molar-refractivity contribution in [1.82, 2.24) is 35.4 Å². The van der Waals surface area contributed by atoms with Crippen molar-refractivity contribution < 1.29 is 0 Å². The molecule has 4 aromatic rings. The first-order chi connectivity index (χ1) is 16.3. The Balaban J connectivity index is 1.39. The Morgan fingerprint density at radius 3 is 2.52 bits per heavy atom. The molecule has 7 heteroatoms. The normalized spacial score (nSPS) is 14.8. The van der Waals surface area contributed by atoms with Gasteiger partial charge in [-0.25, -0.2) is 9.67 Å². The number of hydrogen-bond acceptors (Lipinski definition) is 5. The summed E-state index contributed by atoms with van der Waals surface area (Å²) in [5, 5.41) is 19.5. The van der Waals surface area contributed by atoms with Crippen molar-refractivity contribution in [2.45, 2.75) is 57.9 Å². The highest BCUT2D eigenvalue weighted by atomic mass is 15.5. The quantitative estimate of drug-likeness (QED) is 0.393. The van der Waals surface area contributed by atoms with E-state index in [1.54, 1.807) is 0 Å². The van der Waals surface area contributed by atoms with Gasteiger partial charge in [0.15, 0.2) is 5.82 Å². The Hall–Kier alpha value is -3.61. The molecule has 1 fully saturated rings. The number of nitrogens with zero attached hydrogens (tertiary/aromatic N) is 6. The number of aromatic amines is 1. The molecule has 0 spiro atoms. The lowest BCUT2D eigenvalue weighted by Crippen LogP contribution is -2.08. The SMILES string of the molecule is C/C=C/Cc1nc(C2CCCCC2)nn1Cc1ccc(-c2ccccc2-c2nn[nH]n2)cc1. The Labute approximate surface area is 194 Å². The number of tetrazole rings is 1. The molecular formula is C26H29N7. The minimum atomic E-state index is 0.508. The molecule has 1 N–H and O–H groups in total. The van der Waals surface area contributed by atoms with Crippen molar-refractivity contribution in [2.75, 3.05) is 0 Å². The second-order valence-electron chi connectivity index (χ2n) is 8.63. The Morgan fingerprint density at radius 1 is 1.00 bits per heavy atom. The lowest BCUT2D eigenvalue weighted by molar-refractivity contribution is 0.426. The van der Waals surface area contributed by atoms with Crippen molar-refractivity contribution in [3.8, 4) is 22.5 Å². The van der Waals surface area contributed by atoms with Crippen molar-refractivity contribution in [2.24, 2.45) is 0 Å². The van der Waals surface area contributed by atoms with E-state index in [0.717, 1.165) is 41.3 Å². The number of hydrogen-bond donors (Lipinski definition) is 1. The highest BCUT2D eigenvalue weighted by Gasteiger charge is 2.21. The molecule has 0 amide bonds. The van der Waals surface area contributed by atoms with Gasteiger partial charge in [0.25, 0.3) is 0 Å². The first kappa shape index (κ1) is 21.2. The zero-order chi connectivity index (χ0) is 22.5. The lowest BCUT2D eigenvalue weighted by Gasteiger charge is -2.18. The largest absolute Gasteiger partial charge is 0.245 e. The summed E-state index contributed by atoms with van der Waals surface area (Å²) in [4.78, 5) is 4.95. The molecule has 0 bridgehead atoms. The van der Waals surface area contributed by atoms with Crippen LogP contribution in [0.4, 0.5) is 0 Å². The van der Waals surface area contributed by atoms with Crippen LogP contribution in [0.2, 0.25) is 0 Å². The predicted octanol–water partition coefficient (Wildman–Crippen LogP) is 5.34. The molecule has 1 aliphatic carbocycles. The number of nitrogens with one attached hydrogen (secondary N) is 1. The topological polar surface area (TPSA) is 85.2 Å². The third-order valence-corrected chi connectivity index (χ3v) is 6.38. The van der Waals surface area contributed by atoms with Gasteiger partial charge in [-0.15, -0.1) is 10.2 Å². The van der Waals surface area contributed by atoms with E-state index in [1.807, 2.05) is 25.1 Å². The van der Waals surface area contributed by atoms with E-state index in [2.05, 4.69) is 67.8 Å². The van der Waals surface area contributed by atoms with Crippen LogP contribution in [-0.2, 0) is 13.0 Å². The fraction of sp³-hybridized carbons (Fsp3) is 0.346. The van der Waals surface area contributed by atoms with Crippen LogP contribution in [0.1, 0.15) is 62.2 Å². The van der Waals surface area contributed by atoms with E-state index in [1.165, 1.54) is 37.7 Å². The first-order valence-electron chi connectivity index (χ1n) is 11.8. The molecule has 0 unspecified atom stereocenters. The molecule has 168 valence electrons. The summed E-state index contributed by atoms with van der Waals surface area (Å²) in [7, 11) is 0. The molecule has 7 nitrogen and oxygen atoms in total. The van der Waals surface area contributed by atoms with Crippen molar-refractivity contribution in [3.05, 3.63) is 77.9 Å². The van der Waals surface area contributed by atoms with Crippen LogP contribution < -0.4 is 0 Å². The summed E-state index contributed by atoms with van der Waals surface area (Å²) in [5.74, 6) is 3.18. The van der Waals surface area contributed by atoms with Crippen molar-refractivity contribution in [3.63, 3.8) is 0 Å². The molecule has 33 heavy (non-hydrogen) atoms. The van der Waals surface area contributed by atoms with Crippen LogP contribution in [-0.4, -0.2) is 35.4 Å². The van der Waals surface area contributed by atoms with Crippen LogP contribution in [0.25, 0.3) is 22.5 Å². The average molecular weight is 440 g/mol. The van der Waals surface area contributed by atoms with Gasteiger partial charge in [0.2, 0.25) is 5.82 Å². The molecule has 2 heterocycles. The molecular weight excluding hydrogens is 410 g/mol. The van der Waals surface area contributed by atoms with E-state index in [-0.39, 0.29) is 0 Å². The maximum atomic E-state index is 4.96. The number of H-pyrrole nitrogens is 1. The van der Waals surface area contributed by atoms with Crippen LogP contribution in [0.3, 0.4) is 0 Å². The van der Waals surface area contributed by atoms with E-state index >= 15 is 0 Å². The maximum absolute atomic E-state index is 4.96. The fourth-order valence-electron chi connectivity index (χ4n) is 4.60. The predicted molar refractivity (Wildman–Crippen MR) is 129 cm³/mol. The Morgan fingerprint density at radius 2 is 1.79 bits per heavy atom. The minimum Gasteiger partial charge on any atom is -0.245 e.